The lowest BCUT2D eigenvalue weighted by Crippen LogP contribution is -2.48. The third-order valence-electron chi connectivity index (χ3n) is 8.34. The van der Waals surface area contributed by atoms with Gasteiger partial charge in [0.2, 0.25) is 0 Å². The van der Waals surface area contributed by atoms with Crippen molar-refractivity contribution in [3.63, 3.8) is 0 Å². The van der Waals surface area contributed by atoms with Crippen LogP contribution in [-0.2, 0) is 0 Å². The first-order valence-electron chi connectivity index (χ1n) is 13.1. The van der Waals surface area contributed by atoms with Crippen molar-refractivity contribution in [2.75, 3.05) is 0 Å². The summed E-state index contributed by atoms with van der Waals surface area (Å²) in [5.74, 6) is 0. The van der Waals surface area contributed by atoms with Gasteiger partial charge in [0.05, 0.1) is 0 Å². The Morgan fingerprint density at radius 2 is 0.907 bits per heavy atom. The van der Waals surface area contributed by atoms with Gasteiger partial charge in [-0.3, -0.25) is 0 Å². The van der Waals surface area contributed by atoms with E-state index in [9.17, 15) is 0 Å². The monoisotopic (exact) mass is 519 g/mol. The SMILES string of the molecule is [B]c1c([B])c(-c2c([B])c([B])c3oc4c([B])c([B])c([B])c([B])c4c3c2[B])c([B])c([B])c1-c1ccc2[nH]c3ccccc3c2c1. The van der Waals surface area contributed by atoms with Crippen LogP contribution in [0.1, 0.15) is 0 Å². The van der Waals surface area contributed by atoms with Gasteiger partial charge >= 0.3 is 0 Å². The molecule has 0 fully saturated rings. The van der Waals surface area contributed by atoms with Crippen LogP contribution in [0.15, 0.2) is 46.9 Å². The van der Waals surface area contributed by atoms with Gasteiger partial charge in [-0.25, -0.2) is 0 Å². The fourth-order valence-corrected chi connectivity index (χ4v) is 6.08. The Bertz CT molecular complexity index is 2340. The Labute approximate surface area is 263 Å². The van der Waals surface area contributed by atoms with Gasteiger partial charge in [-0.1, -0.05) is 73.4 Å². The summed E-state index contributed by atoms with van der Waals surface area (Å²) in [6.45, 7) is 0. The van der Waals surface area contributed by atoms with Gasteiger partial charge in [-0.2, -0.15) is 0 Å². The minimum atomic E-state index is 0.0484. The van der Waals surface area contributed by atoms with Crippen molar-refractivity contribution in [1.29, 1.82) is 0 Å². The lowest BCUT2D eigenvalue weighted by atomic mass is 9.59. The molecule has 43 heavy (non-hydrogen) atoms. The highest BCUT2D eigenvalue weighted by atomic mass is 16.3. The molecule has 0 aliphatic heterocycles. The highest BCUT2D eigenvalue weighted by molar-refractivity contribution is 6.70. The Balaban J connectivity index is 1.53. The third kappa shape index (κ3) is 3.76. The maximum atomic E-state index is 6.77. The summed E-state index contributed by atoms with van der Waals surface area (Å²) in [5, 5.41) is 2.68. The molecule has 0 bridgehead atoms. The number of hydrogen-bond donors (Lipinski definition) is 1. The molecule has 0 spiro atoms. The lowest BCUT2D eigenvalue weighted by Gasteiger charge is -2.26. The quantitative estimate of drug-likeness (QED) is 0.230. The van der Waals surface area contributed by atoms with Gasteiger partial charge in [0.25, 0.3) is 0 Å². The largest absolute Gasteiger partial charge is 0.457 e. The third-order valence-corrected chi connectivity index (χ3v) is 8.34. The number of furan rings is 1. The second-order valence-electron chi connectivity index (χ2n) is 10.6. The predicted molar refractivity (Wildman–Crippen MR) is 193 cm³/mol. The summed E-state index contributed by atoms with van der Waals surface area (Å²) < 4.78 is 5.99. The maximum Gasteiger partial charge on any atom is 0.127 e. The Hall–Kier alpha value is -3.59. The Morgan fingerprint density at radius 1 is 0.419 bits per heavy atom. The van der Waals surface area contributed by atoms with Gasteiger partial charge < -0.3 is 9.40 Å². The normalized spacial score (nSPS) is 11.8. The Morgan fingerprint density at radius 3 is 1.58 bits per heavy atom. The van der Waals surface area contributed by atoms with E-state index in [0.717, 1.165) is 27.4 Å². The molecule has 0 saturated heterocycles. The topological polar surface area (TPSA) is 28.9 Å². The van der Waals surface area contributed by atoms with E-state index in [0.29, 0.717) is 16.3 Å². The number of nitrogens with one attached hydrogen (secondary N) is 1. The van der Waals surface area contributed by atoms with E-state index in [1.54, 1.807) is 0 Å². The smallest absolute Gasteiger partial charge is 0.127 e. The lowest BCUT2D eigenvalue weighted by molar-refractivity contribution is 0.675. The molecule has 0 amide bonds. The number of hydrogen-bond acceptors (Lipinski definition) is 1. The molecule has 0 aliphatic rings. The number of rotatable bonds is 2. The first kappa shape index (κ1) is 28.2. The van der Waals surface area contributed by atoms with Crippen LogP contribution in [-0.4, -0.2) is 91.3 Å². The van der Waals surface area contributed by atoms with Crippen LogP contribution in [0.2, 0.25) is 0 Å². The molecule has 22 radical (unpaired) electrons. The van der Waals surface area contributed by atoms with E-state index in [2.05, 4.69) is 4.98 Å². The number of benzene rings is 5. The van der Waals surface area contributed by atoms with Crippen LogP contribution in [0.4, 0.5) is 0 Å². The molecule has 2 heterocycles. The molecule has 1 N–H and O–H groups in total. The minimum absolute atomic E-state index is 0.0484. The standard InChI is InChI=1S/C30H8B11NO/c31-18-14(23(36)27(40)29-16(18)17-24(37)25(38)26(39)28(41)30(17)43-29)15-21(34)19(32)13(20(33)22(15)35)8-5-6-12-10(7-8)9-3-1-2-4-11(9)42-12/h1-7,42H. The average Bonchev–Trinajstić information content (AvgIpc) is 3.58. The highest BCUT2D eigenvalue weighted by Gasteiger charge is 2.24. The minimum Gasteiger partial charge on any atom is -0.457 e. The van der Waals surface area contributed by atoms with E-state index in [1.165, 1.54) is 0 Å². The van der Waals surface area contributed by atoms with Crippen molar-refractivity contribution in [2.24, 2.45) is 0 Å². The number of fused-ring (bicyclic) bond motifs is 6. The van der Waals surface area contributed by atoms with Gasteiger partial charge in [-0.15, -0.1) is 10.9 Å². The van der Waals surface area contributed by atoms with Crippen molar-refractivity contribution in [2.45, 2.75) is 0 Å². The average molecular weight is 517 g/mol. The molecule has 2 aromatic heterocycles. The zero-order valence-corrected chi connectivity index (χ0v) is 22.8. The molecule has 13 heteroatoms. The number of H-pyrrole nitrogens is 1. The van der Waals surface area contributed by atoms with Crippen molar-refractivity contribution in [3.8, 4) is 22.3 Å². The molecular formula is C30H8B11NO. The fourth-order valence-electron chi connectivity index (χ4n) is 6.08. The summed E-state index contributed by atoms with van der Waals surface area (Å²) in [4.78, 5) is 3.41. The summed E-state index contributed by atoms with van der Waals surface area (Å²) in [7, 11) is 71.4. The maximum absolute atomic E-state index is 6.77. The molecule has 0 saturated carbocycles. The number of aromatic nitrogens is 1. The van der Waals surface area contributed by atoms with Gasteiger partial charge in [-0.05, 0) is 40.5 Å². The van der Waals surface area contributed by atoms with Crippen LogP contribution < -0.4 is 60.1 Å². The van der Waals surface area contributed by atoms with Crippen molar-refractivity contribution in [3.05, 3.63) is 42.5 Å². The highest BCUT2D eigenvalue weighted by Crippen LogP contribution is 2.30. The molecule has 0 aliphatic carbocycles. The van der Waals surface area contributed by atoms with Gasteiger partial charge in [0.15, 0.2) is 0 Å². The first-order chi connectivity index (χ1) is 20.4. The van der Waals surface area contributed by atoms with E-state index in [1.807, 2.05) is 42.5 Å². The fraction of sp³-hybridized carbons (Fsp3) is 0. The molecule has 7 aromatic rings. The molecular weight excluding hydrogens is 509 g/mol. The zero-order chi connectivity index (χ0) is 30.6. The summed E-state index contributed by atoms with van der Waals surface area (Å²) in [6, 6.07) is 13.8. The number of para-hydroxylation sites is 1. The van der Waals surface area contributed by atoms with Crippen LogP contribution in [0.25, 0.3) is 66.0 Å². The summed E-state index contributed by atoms with van der Waals surface area (Å²) >= 11 is 0. The van der Waals surface area contributed by atoms with Crippen LogP contribution in [0.5, 0.6) is 0 Å². The Kier molecular flexibility index (Phi) is 6.37. The van der Waals surface area contributed by atoms with Crippen LogP contribution in [0.3, 0.4) is 0 Å². The summed E-state index contributed by atoms with van der Waals surface area (Å²) in [6.07, 6.45) is 0. The van der Waals surface area contributed by atoms with E-state index >= 15 is 0 Å². The zero-order valence-electron chi connectivity index (χ0n) is 22.8. The molecule has 0 atom stereocenters. The van der Waals surface area contributed by atoms with Gasteiger partial charge in [0.1, 0.15) is 97.5 Å². The molecule has 2 nitrogen and oxygen atoms in total. The van der Waals surface area contributed by atoms with Crippen molar-refractivity contribution in [1.82, 2.24) is 4.98 Å². The summed E-state index contributed by atoms with van der Waals surface area (Å²) in [5.41, 5.74) is 5.09. The van der Waals surface area contributed by atoms with Crippen molar-refractivity contribution < 1.29 is 4.42 Å². The van der Waals surface area contributed by atoms with Crippen molar-refractivity contribution >= 4 is 190 Å². The molecule has 5 aromatic carbocycles. The van der Waals surface area contributed by atoms with Crippen LogP contribution in [0, 0.1) is 0 Å². The van der Waals surface area contributed by atoms with E-state index in [4.69, 9.17) is 90.7 Å². The first-order valence-corrected chi connectivity index (χ1v) is 13.1. The number of aromatic amines is 1. The second kappa shape index (κ2) is 9.71. The molecule has 7 rings (SSSR count). The van der Waals surface area contributed by atoms with E-state index < -0.39 is 0 Å². The van der Waals surface area contributed by atoms with Crippen LogP contribution >= 0.6 is 0 Å². The van der Waals surface area contributed by atoms with E-state index in [-0.39, 0.29) is 82.4 Å². The molecule has 172 valence electrons. The molecule has 0 unspecified atom stereocenters. The predicted octanol–water partition coefficient (Wildman–Crippen LogP) is -4.71. The van der Waals surface area contributed by atoms with Gasteiger partial charge in [0, 0.05) is 32.6 Å². The second-order valence-corrected chi connectivity index (χ2v) is 10.6.